The third-order valence-electron chi connectivity index (χ3n) is 4.39. The quantitative estimate of drug-likeness (QED) is 0.750. The summed E-state index contributed by atoms with van der Waals surface area (Å²) >= 11 is 12.0. The van der Waals surface area contributed by atoms with E-state index in [2.05, 4.69) is 5.32 Å². The van der Waals surface area contributed by atoms with Gasteiger partial charge in [0, 0.05) is 17.3 Å². The van der Waals surface area contributed by atoms with Crippen molar-refractivity contribution in [2.24, 2.45) is 0 Å². The Bertz CT molecular complexity index is 977. The largest absolute Gasteiger partial charge is 0.322 e. The van der Waals surface area contributed by atoms with Crippen LogP contribution in [-0.2, 0) is 16.4 Å². The van der Waals surface area contributed by atoms with Gasteiger partial charge in [-0.15, -0.1) is 0 Å². The number of halogens is 2. The normalized spacial score (nSPS) is 14.0. The number of carbonyl (C=O) groups excluding carboxylic acids is 1. The molecule has 5 nitrogen and oxygen atoms in total. The average molecular weight is 427 g/mol. The number of anilines is 2. The summed E-state index contributed by atoms with van der Waals surface area (Å²) in [6.07, 6.45) is 2.08. The molecule has 144 valence electrons. The Morgan fingerprint density at radius 3 is 2.67 bits per heavy atom. The van der Waals surface area contributed by atoms with Crippen LogP contribution in [0.15, 0.2) is 36.4 Å². The van der Waals surface area contributed by atoms with Crippen molar-refractivity contribution in [2.75, 3.05) is 21.9 Å². The van der Waals surface area contributed by atoms with Crippen molar-refractivity contribution in [2.45, 2.75) is 26.2 Å². The Hall–Kier alpha value is -1.76. The molecule has 0 radical (unpaired) electrons. The number of carbonyl (C=O) groups is 1. The van der Waals surface area contributed by atoms with E-state index >= 15 is 0 Å². The van der Waals surface area contributed by atoms with Crippen LogP contribution >= 0.6 is 23.2 Å². The summed E-state index contributed by atoms with van der Waals surface area (Å²) in [6.45, 7) is 2.34. The number of nitrogens with one attached hydrogen (secondary N) is 1. The van der Waals surface area contributed by atoms with Gasteiger partial charge >= 0.3 is 0 Å². The maximum absolute atomic E-state index is 12.5. The van der Waals surface area contributed by atoms with Crippen molar-refractivity contribution in [3.8, 4) is 0 Å². The van der Waals surface area contributed by atoms with Crippen LogP contribution in [0.5, 0.6) is 0 Å². The number of aryl methyl sites for hydroxylation is 1. The number of rotatable bonds is 5. The maximum Gasteiger partial charge on any atom is 0.257 e. The average Bonchev–Trinajstić information content (AvgIpc) is 2.60. The zero-order valence-electron chi connectivity index (χ0n) is 14.8. The molecule has 1 heterocycles. The summed E-state index contributed by atoms with van der Waals surface area (Å²) < 4.78 is 26.5. The SMILES string of the molecule is CCCS(=O)(=O)N1CCCc2cc(NC(=O)c3ccc(Cl)cc3Cl)ccc21. The molecule has 8 heteroatoms. The van der Waals surface area contributed by atoms with Gasteiger partial charge < -0.3 is 5.32 Å². The van der Waals surface area contributed by atoms with E-state index in [0.717, 1.165) is 18.4 Å². The van der Waals surface area contributed by atoms with Gasteiger partial charge in [-0.05, 0) is 61.2 Å². The predicted octanol–water partition coefficient (Wildman–Crippen LogP) is 4.74. The van der Waals surface area contributed by atoms with Crippen LogP contribution in [0, 0.1) is 0 Å². The lowest BCUT2D eigenvalue weighted by Crippen LogP contribution is -2.37. The Balaban J connectivity index is 1.85. The first-order chi connectivity index (χ1) is 12.8. The molecule has 0 atom stereocenters. The Kier molecular flexibility index (Phi) is 5.99. The second-order valence-corrected chi connectivity index (χ2v) is 9.27. The van der Waals surface area contributed by atoms with Gasteiger partial charge in [0.25, 0.3) is 5.91 Å². The fraction of sp³-hybridized carbons (Fsp3) is 0.316. The molecule has 0 saturated carbocycles. The number of fused-ring (bicyclic) bond motifs is 1. The highest BCUT2D eigenvalue weighted by molar-refractivity contribution is 7.92. The second kappa shape index (κ2) is 8.09. The highest BCUT2D eigenvalue weighted by Crippen LogP contribution is 2.32. The van der Waals surface area contributed by atoms with Crippen LogP contribution in [-0.4, -0.2) is 26.6 Å². The van der Waals surface area contributed by atoms with Crippen LogP contribution in [0.3, 0.4) is 0 Å². The summed E-state index contributed by atoms with van der Waals surface area (Å²) in [5, 5.41) is 3.54. The first kappa shape index (κ1) is 20.0. The Morgan fingerprint density at radius 2 is 1.96 bits per heavy atom. The highest BCUT2D eigenvalue weighted by Gasteiger charge is 2.27. The zero-order valence-corrected chi connectivity index (χ0v) is 17.2. The number of benzene rings is 2. The molecule has 0 spiro atoms. The second-order valence-electron chi connectivity index (χ2n) is 6.41. The number of amides is 1. The van der Waals surface area contributed by atoms with E-state index in [4.69, 9.17) is 23.2 Å². The molecule has 0 aromatic heterocycles. The van der Waals surface area contributed by atoms with E-state index in [9.17, 15) is 13.2 Å². The van der Waals surface area contributed by atoms with Crippen LogP contribution in [0.1, 0.15) is 35.7 Å². The fourth-order valence-corrected chi connectivity index (χ4v) is 5.29. The molecule has 1 aliphatic rings. The van der Waals surface area contributed by atoms with Crippen LogP contribution in [0.25, 0.3) is 0 Å². The standard InChI is InChI=1S/C19H20Cl2N2O3S/c1-2-10-27(25,26)23-9-3-4-13-11-15(6-8-18(13)23)22-19(24)16-7-5-14(20)12-17(16)21/h5-8,11-12H,2-4,9-10H2,1H3,(H,22,24). The van der Waals surface area contributed by atoms with E-state index in [-0.39, 0.29) is 16.7 Å². The van der Waals surface area contributed by atoms with E-state index in [1.165, 1.54) is 10.4 Å². The van der Waals surface area contributed by atoms with Gasteiger partial charge in [-0.1, -0.05) is 30.1 Å². The Labute approximate surface area is 169 Å². The molecule has 27 heavy (non-hydrogen) atoms. The van der Waals surface area contributed by atoms with Crippen molar-refractivity contribution in [1.29, 1.82) is 0 Å². The third-order valence-corrected chi connectivity index (χ3v) is 6.91. The smallest absolute Gasteiger partial charge is 0.257 e. The number of hydrogen-bond donors (Lipinski definition) is 1. The summed E-state index contributed by atoms with van der Waals surface area (Å²) in [7, 11) is -3.32. The minimum Gasteiger partial charge on any atom is -0.322 e. The minimum atomic E-state index is -3.32. The Morgan fingerprint density at radius 1 is 1.19 bits per heavy atom. The summed E-state index contributed by atoms with van der Waals surface area (Å²) in [5.74, 6) is -0.220. The molecule has 1 N–H and O–H groups in total. The fourth-order valence-electron chi connectivity index (χ4n) is 3.17. The highest BCUT2D eigenvalue weighted by atomic mass is 35.5. The van der Waals surface area contributed by atoms with Gasteiger partial charge in [-0.2, -0.15) is 0 Å². The molecule has 1 aliphatic heterocycles. The summed E-state index contributed by atoms with van der Waals surface area (Å²) in [4.78, 5) is 12.5. The van der Waals surface area contributed by atoms with Gasteiger partial charge in [-0.3, -0.25) is 9.10 Å². The number of nitrogens with zero attached hydrogens (tertiary/aromatic N) is 1. The van der Waals surface area contributed by atoms with Crippen molar-refractivity contribution < 1.29 is 13.2 Å². The van der Waals surface area contributed by atoms with Gasteiger partial charge in [0.1, 0.15) is 0 Å². The van der Waals surface area contributed by atoms with E-state index in [1.807, 2.05) is 13.0 Å². The lowest BCUT2D eigenvalue weighted by molar-refractivity contribution is 0.102. The predicted molar refractivity (Wildman–Crippen MR) is 111 cm³/mol. The van der Waals surface area contributed by atoms with E-state index in [0.29, 0.717) is 34.9 Å². The molecule has 2 aromatic rings. The monoisotopic (exact) mass is 426 g/mol. The lowest BCUT2D eigenvalue weighted by Gasteiger charge is -2.30. The maximum atomic E-state index is 12.5. The molecule has 0 fully saturated rings. The molecule has 0 unspecified atom stereocenters. The van der Waals surface area contributed by atoms with Gasteiger partial charge in [0.05, 0.1) is 22.0 Å². The molecule has 0 saturated heterocycles. The van der Waals surface area contributed by atoms with Gasteiger partial charge in [0.15, 0.2) is 0 Å². The van der Waals surface area contributed by atoms with Crippen LogP contribution in [0.4, 0.5) is 11.4 Å². The summed E-state index contributed by atoms with van der Waals surface area (Å²) in [5.41, 5.74) is 2.52. The minimum absolute atomic E-state index is 0.125. The van der Waals surface area contributed by atoms with Gasteiger partial charge in [-0.25, -0.2) is 8.42 Å². The molecule has 3 rings (SSSR count). The van der Waals surface area contributed by atoms with Crippen LogP contribution < -0.4 is 9.62 Å². The molecule has 0 aliphatic carbocycles. The van der Waals surface area contributed by atoms with E-state index < -0.39 is 10.0 Å². The zero-order chi connectivity index (χ0) is 19.6. The number of hydrogen-bond acceptors (Lipinski definition) is 3. The molecule has 2 aromatic carbocycles. The van der Waals surface area contributed by atoms with Crippen molar-refractivity contribution >= 4 is 50.5 Å². The first-order valence-corrected chi connectivity index (χ1v) is 11.1. The van der Waals surface area contributed by atoms with Crippen LogP contribution in [0.2, 0.25) is 10.0 Å². The lowest BCUT2D eigenvalue weighted by atomic mass is 10.0. The van der Waals surface area contributed by atoms with Crippen molar-refractivity contribution in [3.05, 3.63) is 57.6 Å². The molecule has 1 amide bonds. The molecular formula is C19H20Cl2N2O3S. The summed E-state index contributed by atoms with van der Waals surface area (Å²) in [6, 6.07) is 9.97. The van der Waals surface area contributed by atoms with Gasteiger partial charge in [0.2, 0.25) is 10.0 Å². The molecular weight excluding hydrogens is 407 g/mol. The van der Waals surface area contributed by atoms with Crippen molar-refractivity contribution in [3.63, 3.8) is 0 Å². The van der Waals surface area contributed by atoms with Crippen molar-refractivity contribution in [1.82, 2.24) is 0 Å². The third kappa shape index (κ3) is 4.39. The number of sulfonamides is 1. The first-order valence-electron chi connectivity index (χ1n) is 8.71. The topological polar surface area (TPSA) is 66.5 Å². The molecule has 0 bridgehead atoms. The van der Waals surface area contributed by atoms with E-state index in [1.54, 1.807) is 24.3 Å².